The monoisotopic (exact) mass is 373 g/mol. The largest absolute Gasteiger partial charge is 0.350 e. The van der Waals surface area contributed by atoms with Crippen molar-refractivity contribution in [3.8, 4) is 22.6 Å². The van der Waals surface area contributed by atoms with Gasteiger partial charge in [0.1, 0.15) is 11.5 Å². The van der Waals surface area contributed by atoms with Gasteiger partial charge in [0, 0.05) is 37.7 Å². The van der Waals surface area contributed by atoms with E-state index in [1.165, 1.54) is 17.7 Å². The Balaban J connectivity index is 1.70. The highest BCUT2D eigenvalue weighted by Gasteiger charge is 2.15. The molecule has 0 spiro atoms. The van der Waals surface area contributed by atoms with Crippen LogP contribution in [0.4, 0.5) is 10.3 Å². The molecule has 0 aliphatic heterocycles. The maximum Gasteiger partial charge on any atom is 0.223 e. The minimum absolute atomic E-state index is 0.301. The Morgan fingerprint density at radius 1 is 1.07 bits per heavy atom. The van der Waals surface area contributed by atoms with Crippen LogP contribution in [0.3, 0.4) is 0 Å². The molecule has 2 heterocycles. The number of anilines is 1. The van der Waals surface area contributed by atoms with E-state index in [4.69, 9.17) is 0 Å². The van der Waals surface area contributed by atoms with E-state index in [2.05, 4.69) is 51.5 Å². The van der Waals surface area contributed by atoms with Crippen molar-refractivity contribution in [2.75, 3.05) is 5.32 Å². The fourth-order valence-corrected chi connectivity index (χ4v) is 2.99. The number of hydrogen-bond donors (Lipinski definition) is 1. The predicted octanol–water partition coefficient (Wildman–Crippen LogP) is 4.60. The molecule has 1 N–H and O–H groups in total. The molecule has 4 rings (SSSR count). The van der Waals surface area contributed by atoms with Crippen molar-refractivity contribution in [1.82, 2.24) is 19.5 Å². The number of nitrogens with zero attached hydrogens (tertiary/aromatic N) is 4. The van der Waals surface area contributed by atoms with Gasteiger partial charge in [0.2, 0.25) is 5.95 Å². The lowest BCUT2D eigenvalue weighted by molar-refractivity contribution is 0.628. The van der Waals surface area contributed by atoms with E-state index in [0.29, 0.717) is 29.6 Å². The fourth-order valence-electron chi connectivity index (χ4n) is 2.99. The van der Waals surface area contributed by atoms with Crippen molar-refractivity contribution in [2.24, 2.45) is 7.05 Å². The molecule has 0 saturated heterocycles. The number of benzene rings is 2. The van der Waals surface area contributed by atoms with Gasteiger partial charge in [-0.3, -0.25) is 0 Å². The molecule has 0 unspecified atom stereocenters. The third-order valence-corrected chi connectivity index (χ3v) is 4.53. The highest BCUT2D eigenvalue weighted by atomic mass is 19.1. The Morgan fingerprint density at radius 2 is 1.89 bits per heavy atom. The van der Waals surface area contributed by atoms with Crippen molar-refractivity contribution in [2.45, 2.75) is 13.5 Å². The van der Waals surface area contributed by atoms with Crippen LogP contribution in [0.15, 0.2) is 67.1 Å². The summed E-state index contributed by atoms with van der Waals surface area (Å²) in [6, 6.07) is 14.7. The molecular formula is C22H20FN5. The molecule has 0 bridgehead atoms. The third-order valence-electron chi connectivity index (χ3n) is 4.53. The van der Waals surface area contributed by atoms with Crippen LogP contribution in [-0.2, 0) is 13.6 Å². The van der Waals surface area contributed by atoms with Gasteiger partial charge >= 0.3 is 0 Å². The molecule has 2 aromatic heterocycles. The fraction of sp³-hybridized carbons (Fsp3) is 0.136. The molecular weight excluding hydrogens is 353 g/mol. The normalized spacial score (nSPS) is 10.8. The number of halogens is 1. The van der Waals surface area contributed by atoms with Gasteiger partial charge in [0.15, 0.2) is 5.82 Å². The second-order valence-electron chi connectivity index (χ2n) is 6.67. The van der Waals surface area contributed by atoms with Crippen molar-refractivity contribution in [3.05, 3.63) is 84.1 Å². The maximum absolute atomic E-state index is 13.7. The first-order valence-corrected chi connectivity index (χ1v) is 9.00. The Bertz CT molecular complexity index is 1100. The summed E-state index contributed by atoms with van der Waals surface area (Å²) in [7, 11) is 1.90. The minimum atomic E-state index is -0.301. The lowest BCUT2D eigenvalue weighted by atomic mass is 10.1. The first-order valence-electron chi connectivity index (χ1n) is 9.00. The Labute approximate surface area is 162 Å². The van der Waals surface area contributed by atoms with Crippen LogP contribution < -0.4 is 5.32 Å². The number of aromatic nitrogens is 4. The highest BCUT2D eigenvalue weighted by Crippen LogP contribution is 2.30. The summed E-state index contributed by atoms with van der Waals surface area (Å²) in [5.41, 5.74) is 4.45. The van der Waals surface area contributed by atoms with Gasteiger partial charge in [-0.15, -0.1) is 0 Å². The molecule has 0 fully saturated rings. The van der Waals surface area contributed by atoms with E-state index in [1.807, 2.05) is 23.9 Å². The van der Waals surface area contributed by atoms with Gasteiger partial charge in [-0.05, 0) is 30.2 Å². The number of hydrogen-bond acceptors (Lipinski definition) is 4. The summed E-state index contributed by atoms with van der Waals surface area (Å²) >= 11 is 0. The zero-order valence-electron chi connectivity index (χ0n) is 15.7. The van der Waals surface area contributed by atoms with Gasteiger partial charge in [0.05, 0.1) is 0 Å². The second-order valence-corrected chi connectivity index (χ2v) is 6.67. The Kier molecular flexibility index (Phi) is 4.85. The number of aryl methyl sites for hydroxylation is 2. The Hall–Kier alpha value is -3.54. The minimum Gasteiger partial charge on any atom is -0.350 e. The number of nitrogens with one attached hydrogen (secondary N) is 1. The van der Waals surface area contributed by atoms with Crippen LogP contribution in [0.2, 0.25) is 0 Å². The molecule has 4 aromatic rings. The summed E-state index contributed by atoms with van der Waals surface area (Å²) in [5.74, 6) is 0.892. The van der Waals surface area contributed by atoms with Crippen molar-refractivity contribution in [3.63, 3.8) is 0 Å². The quantitative estimate of drug-likeness (QED) is 0.555. The van der Waals surface area contributed by atoms with Crippen molar-refractivity contribution < 1.29 is 4.39 Å². The third kappa shape index (κ3) is 3.76. The van der Waals surface area contributed by atoms with E-state index < -0.39 is 0 Å². The molecule has 0 aliphatic rings. The van der Waals surface area contributed by atoms with E-state index >= 15 is 0 Å². The molecule has 140 valence electrons. The van der Waals surface area contributed by atoms with Gasteiger partial charge < -0.3 is 9.88 Å². The molecule has 0 atom stereocenters. The summed E-state index contributed by atoms with van der Waals surface area (Å²) < 4.78 is 15.6. The van der Waals surface area contributed by atoms with E-state index in [0.717, 1.165) is 11.1 Å². The molecule has 0 saturated carbocycles. The molecule has 28 heavy (non-hydrogen) atoms. The zero-order valence-corrected chi connectivity index (χ0v) is 15.7. The second kappa shape index (κ2) is 7.60. The SMILES string of the molecule is Cc1ccc(CNc2ncc(-c3cccc(F)c3)c(-c3nccn3C)n2)cc1. The highest BCUT2D eigenvalue weighted by molar-refractivity contribution is 5.78. The Morgan fingerprint density at radius 3 is 2.61 bits per heavy atom. The standard InChI is InChI=1S/C22H20FN5/c1-15-6-8-16(9-7-15)13-25-22-26-14-19(17-4-3-5-18(23)12-17)20(27-22)21-24-10-11-28(21)2/h3-12,14H,13H2,1-2H3,(H,25,26,27). The van der Waals surface area contributed by atoms with E-state index in [1.54, 1.807) is 18.5 Å². The molecule has 0 amide bonds. The maximum atomic E-state index is 13.7. The average Bonchev–Trinajstić information content (AvgIpc) is 3.13. The summed E-state index contributed by atoms with van der Waals surface area (Å²) in [4.78, 5) is 13.5. The summed E-state index contributed by atoms with van der Waals surface area (Å²) in [6.45, 7) is 2.67. The zero-order chi connectivity index (χ0) is 19.5. The molecule has 2 aromatic carbocycles. The topological polar surface area (TPSA) is 55.6 Å². The smallest absolute Gasteiger partial charge is 0.223 e. The van der Waals surface area contributed by atoms with E-state index in [9.17, 15) is 4.39 Å². The number of imidazole rings is 1. The van der Waals surface area contributed by atoms with Gasteiger partial charge in [-0.25, -0.2) is 19.3 Å². The van der Waals surface area contributed by atoms with E-state index in [-0.39, 0.29) is 5.82 Å². The molecule has 0 radical (unpaired) electrons. The van der Waals surface area contributed by atoms with Crippen molar-refractivity contribution >= 4 is 5.95 Å². The average molecular weight is 373 g/mol. The van der Waals surface area contributed by atoms with Crippen LogP contribution in [0, 0.1) is 12.7 Å². The van der Waals surface area contributed by atoms with Crippen LogP contribution in [0.25, 0.3) is 22.6 Å². The van der Waals surface area contributed by atoms with Crippen LogP contribution >= 0.6 is 0 Å². The molecule has 0 aliphatic carbocycles. The van der Waals surface area contributed by atoms with Crippen LogP contribution in [0.5, 0.6) is 0 Å². The predicted molar refractivity (Wildman–Crippen MR) is 108 cm³/mol. The lowest BCUT2D eigenvalue weighted by Gasteiger charge is -2.12. The summed E-state index contributed by atoms with van der Waals surface area (Å²) in [6.07, 6.45) is 5.28. The lowest BCUT2D eigenvalue weighted by Crippen LogP contribution is -2.06. The number of rotatable bonds is 5. The van der Waals surface area contributed by atoms with Crippen LogP contribution in [0.1, 0.15) is 11.1 Å². The van der Waals surface area contributed by atoms with Crippen molar-refractivity contribution in [1.29, 1.82) is 0 Å². The first kappa shape index (κ1) is 17.9. The van der Waals surface area contributed by atoms with Gasteiger partial charge in [-0.1, -0.05) is 42.0 Å². The van der Waals surface area contributed by atoms with Gasteiger partial charge in [0.25, 0.3) is 0 Å². The summed E-state index contributed by atoms with van der Waals surface area (Å²) in [5, 5.41) is 3.26. The van der Waals surface area contributed by atoms with Gasteiger partial charge in [-0.2, -0.15) is 0 Å². The first-order chi connectivity index (χ1) is 13.6. The molecule has 6 heteroatoms. The molecule has 5 nitrogen and oxygen atoms in total. The van der Waals surface area contributed by atoms with Crippen LogP contribution in [-0.4, -0.2) is 19.5 Å².